The van der Waals surface area contributed by atoms with Crippen molar-refractivity contribution in [3.05, 3.63) is 22.4 Å². The summed E-state index contributed by atoms with van der Waals surface area (Å²) < 4.78 is 21.4. The average Bonchev–Trinajstić information content (AvgIpc) is 2.52. The molecule has 14 heavy (non-hydrogen) atoms. The van der Waals surface area contributed by atoms with E-state index in [0.717, 1.165) is 6.26 Å². The number of carbonyl (C=O) groups is 1. The van der Waals surface area contributed by atoms with Crippen LogP contribution in [0.2, 0.25) is 0 Å². The number of rotatable bonds is 3. The highest BCUT2D eigenvalue weighted by atomic mass is 32.2. The molecule has 0 bridgehead atoms. The van der Waals surface area contributed by atoms with Crippen LogP contribution in [0.25, 0.3) is 0 Å². The maximum atomic E-state index is 11.8. The van der Waals surface area contributed by atoms with E-state index in [9.17, 15) is 13.2 Å². The molecule has 0 aliphatic heterocycles. The number of hydrogen-bond donors (Lipinski definition) is 0. The van der Waals surface area contributed by atoms with E-state index in [2.05, 4.69) is 0 Å². The van der Waals surface area contributed by atoms with Crippen molar-refractivity contribution in [2.75, 3.05) is 6.26 Å². The van der Waals surface area contributed by atoms with E-state index in [1.54, 1.807) is 17.5 Å². The first-order chi connectivity index (χ1) is 6.27. The average molecular weight is 232 g/mol. The summed E-state index contributed by atoms with van der Waals surface area (Å²) in [6.07, 6.45) is 1.08. The summed E-state index contributed by atoms with van der Waals surface area (Å²) >= 11 is 1.26. The Morgan fingerprint density at radius 2 is 2.00 bits per heavy atom. The predicted octanol–water partition coefficient (Wildman–Crippen LogP) is 1.75. The molecule has 0 aromatic carbocycles. The van der Waals surface area contributed by atoms with Crippen LogP contribution in [0.5, 0.6) is 0 Å². The lowest BCUT2D eigenvalue weighted by Gasteiger charge is -2.19. The van der Waals surface area contributed by atoms with Gasteiger partial charge in [0, 0.05) is 6.26 Å². The molecule has 1 aromatic heterocycles. The topological polar surface area (TPSA) is 51.2 Å². The number of Topliss-reactive ketones (excluding diaryl/α,β-unsaturated/α-hetero) is 1. The van der Waals surface area contributed by atoms with Crippen LogP contribution in [0.3, 0.4) is 0 Å². The van der Waals surface area contributed by atoms with Gasteiger partial charge in [0.1, 0.15) is 4.75 Å². The standard InChI is InChI=1S/C9H12O3S2/c1-9(2,14(3,11)12)8(10)7-5-4-6-13-7/h4-6H,1-3H3. The fourth-order valence-corrected chi connectivity index (χ4v) is 2.21. The Morgan fingerprint density at radius 1 is 1.43 bits per heavy atom. The minimum atomic E-state index is -3.37. The molecule has 0 N–H and O–H groups in total. The highest BCUT2D eigenvalue weighted by molar-refractivity contribution is 7.92. The maximum absolute atomic E-state index is 11.8. The number of ketones is 1. The second-order valence-electron chi connectivity index (χ2n) is 3.59. The minimum Gasteiger partial charge on any atom is -0.292 e. The van der Waals surface area contributed by atoms with Crippen molar-refractivity contribution in [2.45, 2.75) is 18.6 Å². The molecule has 0 aliphatic rings. The summed E-state index contributed by atoms with van der Waals surface area (Å²) in [6, 6.07) is 3.37. The van der Waals surface area contributed by atoms with Crippen molar-refractivity contribution in [1.29, 1.82) is 0 Å². The molecule has 0 spiro atoms. The second kappa shape index (κ2) is 3.47. The fraction of sp³-hybridized carbons (Fsp3) is 0.444. The Bertz CT molecular complexity index is 427. The molecule has 1 rings (SSSR count). The molecule has 1 heterocycles. The molecule has 0 saturated carbocycles. The Labute approximate surface area is 87.7 Å². The lowest BCUT2D eigenvalue weighted by Crippen LogP contribution is -2.39. The first kappa shape index (κ1) is 11.4. The molecular weight excluding hydrogens is 220 g/mol. The van der Waals surface area contributed by atoms with E-state index >= 15 is 0 Å². The van der Waals surface area contributed by atoms with Crippen LogP contribution in [0.1, 0.15) is 23.5 Å². The van der Waals surface area contributed by atoms with E-state index in [1.165, 1.54) is 25.2 Å². The van der Waals surface area contributed by atoms with Gasteiger partial charge in [-0.1, -0.05) is 6.07 Å². The zero-order chi connectivity index (χ0) is 11.0. The highest BCUT2D eigenvalue weighted by Crippen LogP contribution is 2.23. The molecule has 78 valence electrons. The van der Waals surface area contributed by atoms with Gasteiger partial charge in [-0.25, -0.2) is 8.42 Å². The van der Waals surface area contributed by atoms with Crippen LogP contribution in [0, 0.1) is 0 Å². The van der Waals surface area contributed by atoms with Crippen LogP contribution in [0.4, 0.5) is 0 Å². The Kier molecular flexibility index (Phi) is 2.83. The number of sulfone groups is 1. The van der Waals surface area contributed by atoms with Crippen molar-refractivity contribution >= 4 is 27.0 Å². The molecule has 3 nitrogen and oxygen atoms in total. The Balaban J connectivity index is 3.14. The summed E-state index contributed by atoms with van der Waals surface area (Å²) in [4.78, 5) is 12.3. The van der Waals surface area contributed by atoms with Gasteiger partial charge in [-0.05, 0) is 25.3 Å². The van der Waals surface area contributed by atoms with Gasteiger partial charge in [0.25, 0.3) is 0 Å². The third-order valence-corrected chi connectivity index (χ3v) is 5.13. The van der Waals surface area contributed by atoms with Crippen molar-refractivity contribution in [1.82, 2.24) is 0 Å². The van der Waals surface area contributed by atoms with Crippen LogP contribution >= 0.6 is 11.3 Å². The zero-order valence-corrected chi connectivity index (χ0v) is 9.91. The van der Waals surface area contributed by atoms with Gasteiger partial charge >= 0.3 is 0 Å². The quantitative estimate of drug-likeness (QED) is 0.746. The third-order valence-electron chi connectivity index (χ3n) is 2.22. The van der Waals surface area contributed by atoms with E-state index < -0.39 is 14.6 Å². The summed E-state index contributed by atoms with van der Waals surface area (Å²) in [5, 5.41) is 1.76. The molecule has 0 aliphatic carbocycles. The van der Waals surface area contributed by atoms with E-state index in [0.29, 0.717) is 4.88 Å². The molecule has 0 amide bonds. The molecular formula is C9H12O3S2. The molecule has 5 heteroatoms. The van der Waals surface area contributed by atoms with Gasteiger partial charge in [0.05, 0.1) is 4.88 Å². The summed E-state index contributed by atoms with van der Waals surface area (Å²) in [6.45, 7) is 2.87. The maximum Gasteiger partial charge on any atom is 0.193 e. The van der Waals surface area contributed by atoms with E-state index in [1.807, 2.05) is 0 Å². The third kappa shape index (κ3) is 1.88. The first-order valence-corrected chi connectivity index (χ1v) is 6.82. The monoisotopic (exact) mass is 232 g/mol. The van der Waals surface area contributed by atoms with Crippen molar-refractivity contribution in [3.63, 3.8) is 0 Å². The van der Waals surface area contributed by atoms with E-state index in [4.69, 9.17) is 0 Å². The Hall–Kier alpha value is -0.680. The van der Waals surface area contributed by atoms with Gasteiger partial charge in [-0.3, -0.25) is 4.79 Å². The smallest absolute Gasteiger partial charge is 0.193 e. The van der Waals surface area contributed by atoms with Gasteiger partial charge < -0.3 is 0 Å². The van der Waals surface area contributed by atoms with Crippen LogP contribution < -0.4 is 0 Å². The highest BCUT2D eigenvalue weighted by Gasteiger charge is 2.39. The lowest BCUT2D eigenvalue weighted by molar-refractivity contribution is 0.0958. The van der Waals surface area contributed by atoms with Gasteiger partial charge in [0.2, 0.25) is 0 Å². The molecule has 0 unspecified atom stereocenters. The van der Waals surface area contributed by atoms with Crippen LogP contribution in [-0.4, -0.2) is 25.2 Å². The van der Waals surface area contributed by atoms with Gasteiger partial charge in [-0.2, -0.15) is 0 Å². The lowest BCUT2D eigenvalue weighted by atomic mass is 10.1. The van der Waals surface area contributed by atoms with Crippen LogP contribution in [0.15, 0.2) is 17.5 Å². The summed E-state index contributed by atoms with van der Waals surface area (Å²) in [5.41, 5.74) is 0. The first-order valence-electron chi connectivity index (χ1n) is 4.04. The predicted molar refractivity (Wildman–Crippen MR) is 57.6 cm³/mol. The van der Waals surface area contributed by atoms with Crippen molar-refractivity contribution in [2.24, 2.45) is 0 Å². The number of thiophene rings is 1. The molecule has 0 fully saturated rings. The fourth-order valence-electron chi connectivity index (χ4n) is 0.873. The van der Waals surface area contributed by atoms with Crippen molar-refractivity contribution in [3.8, 4) is 0 Å². The minimum absolute atomic E-state index is 0.338. The number of hydrogen-bond acceptors (Lipinski definition) is 4. The molecule has 0 atom stereocenters. The van der Waals surface area contributed by atoms with Crippen LogP contribution in [-0.2, 0) is 9.84 Å². The summed E-state index contributed by atoms with van der Waals surface area (Å²) in [7, 11) is -3.37. The zero-order valence-electron chi connectivity index (χ0n) is 8.27. The normalized spacial score (nSPS) is 12.8. The largest absolute Gasteiger partial charge is 0.292 e. The van der Waals surface area contributed by atoms with Gasteiger partial charge in [0.15, 0.2) is 15.6 Å². The van der Waals surface area contributed by atoms with Crippen molar-refractivity contribution < 1.29 is 13.2 Å². The number of carbonyl (C=O) groups excluding carboxylic acids is 1. The molecule has 0 radical (unpaired) electrons. The Morgan fingerprint density at radius 3 is 2.36 bits per heavy atom. The second-order valence-corrected chi connectivity index (χ2v) is 7.10. The summed E-state index contributed by atoms with van der Waals surface area (Å²) in [5.74, 6) is -0.338. The molecule has 1 aromatic rings. The van der Waals surface area contributed by atoms with Gasteiger partial charge in [-0.15, -0.1) is 11.3 Å². The SMILES string of the molecule is CC(C)(C(=O)c1cccs1)S(C)(=O)=O. The van der Waals surface area contributed by atoms with E-state index in [-0.39, 0.29) is 5.78 Å². The molecule has 0 saturated heterocycles.